The molecule has 0 fully saturated rings. The predicted octanol–water partition coefficient (Wildman–Crippen LogP) is 4.90. The summed E-state index contributed by atoms with van der Waals surface area (Å²) in [4.78, 5) is 5.92. The summed E-state index contributed by atoms with van der Waals surface area (Å²) in [6.07, 6.45) is 2.07. The van der Waals surface area contributed by atoms with Crippen LogP contribution in [0.1, 0.15) is 0 Å². The molecule has 3 aromatic rings. The van der Waals surface area contributed by atoms with Crippen molar-refractivity contribution in [1.29, 1.82) is 0 Å². The van der Waals surface area contributed by atoms with E-state index in [1.165, 1.54) is 4.90 Å². The van der Waals surface area contributed by atoms with Gasteiger partial charge in [-0.05, 0) is 42.7 Å². The number of hydrogen-bond donors (Lipinski definition) is 1. The molecule has 0 aliphatic heterocycles. The van der Waals surface area contributed by atoms with Crippen molar-refractivity contribution in [2.24, 2.45) is 0 Å². The van der Waals surface area contributed by atoms with Crippen molar-refractivity contribution in [3.05, 3.63) is 53.9 Å². The number of aromatic nitrogens is 1. The van der Waals surface area contributed by atoms with Crippen LogP contribution in [0.15, 0.2) is 58.8 Å². The highest BCUT2D eigenvalue weighted by molar-refractivity contribution is 7.98. The Kier molecular flexibility index (Phi) is 3.76. The molecular formula is C16H13NOS2. The fourth-order valence-corrected chi connectivity index (χ4v) is 3.15. The van der Waals surface area contributed by atoms with Gasteiger partial charge in [0, 0.05) is 21.4 Å². The third kappa shape index (κ3) is 2.71. The van der Waals surface area contributed by atoms with Crippen LogP contribution in [0.4, 0.5) is 0 Å². The average Bonchev–Trinajstić information content (AvgIpc) is 2.98. The number of phenolic OH excluding ortho intramolecular Hbond substituents is 1. The smallest absolute Gasteiger partial charge is 0.124 e. The average molecular weight is 299 g/mol. The van der Waals surface area contributed by atoms with Gasteiger partial charge < -0.3 is 5.11 Å². The second kappa shape index (κ2) is 5.69. The molecule has 2 aromatic carbocycles. The minimum Gasteiger partial charge on any atom is -0.508 e. The predicted molar refractivity (Wildman–Crippen MR) is 86.4 cm³/mol. The number of rotatable bonds is 3. The topological polar surface area (TPSA) is 33.1 Å². The maximum Gasteiger partial charge on any atom is 0.124 e. The molecule has 0 bridgehead atoms. The molecule has 1 heterocycles. The molecule has 0 radical (unpaired) electrons. The van der Waals surface area contributed by atoms with Gasteiger partial charge in [0.2, 0.25) is 0 Å². The van der Waals surface area contributed by atoms with Crippen LogP contribution in [0.25, 0.3) is 21.8 Å². The summed E-state index contributed by atoms with van der Waals surface area (Å²) in [5.41, 5.74) is 3.15. The number of thioether (sulfide) groups is 1. The Balaban J connectivity index is 1.91. The van der Waals surface area contributed by atoms with Crippen molar-refractivity contribution in [3.63, 3.8) is 0 Å². The molecule has 100 valence electrons. The maximum absolute atomic E-state index is 9.32. The second-order valence-electron chi connectivity index (χ2n) is 4.31. The molecule has 4 heteroatoms. The van der Waals surface area contributed by atoms with E-state index in [0.717, 1.165) is 21.8 Å². The normalized spacial score (nSPS) is 10.7. The Bertz CT molecular complexity index is 702. The summed E-state index contributed by atoms with van der Waals surface area (Å²) < 4.78 is 0. The van der Waals surface area contributed by atoms with Gasteiger partial charge in [-0.25, -0.2) is 4.98 Å². The molecular weight excluding hydrogens is 286 g/mol. The first kappa shape index (κ1) is 13.2. The van der Waals surface area contributed by atoms with Crippen molar-refractivity contribution >= 4 is 23.1 Å². The van der Waals surface area contributed by atoms with Gasteiger partial charge in [-0.15, -0.1) is 23.1 Å². The molecule has 0 saturated heterocycles. The van der Waals surface area contributed by atoms with Crippen LogP contribution < -0.4 is 0 Å². The van der Waals surface area contributed by atoms with Crippen LogP contribution in [0.2, 0.25) is 0 Å². The third-order valence-electron chi connectivity index (χ3n) is 3.00. The third-order valence-corrected chi connectivity index (χ3v) is 4.64. The fourth-order valence-electron chi connectivity index (χ4n) is 1.90. The van der Waals surface area contributed by atoms with Gasteiger partial charge in [-0.2, -0.15) is 0 Å². The molecule has 0 aliphatic rings. The highest BCUT2D eigenvalue weighted by Gasteiger charge is 2.06. The summed E-state index contributed by atoms with van der Waals surface area (Å²) in [5.74, 6) is 0.276. The standard InChI is InChI=1S/C16H13NOS2/c1-19-14-8-4-11(5-9-14)15-10-20-16(17-15)12-2-6-13(18)7-3-12/h2-10,18H,1H3. The summed E-state index contributed by atoms with van der Waals surface area (Å²) in [7, 11) is 0. The zero-order chi connectivity index (χ0) is 13.9. The molecule has 0 atom stereocenters. The van der Waals surface area contributed by atoms with E-state index in [0.29, 0.717) is 0 Å². The molecule has 0 spiro atoms. The summed E-state index contributed by atoms with van der Waals surface area (Å²) in [5, 5.41) is 12.3. The molecule has 2 nitrogen and oxygen atoms in total. The zero-order valence-electron chi connectivity index (χ0n) is 10.9. The van der Waals surface area contributed by atoms with Crippen molar-refractivity contribution in [2.45, 2.75) is 4.90 Å². The van der Waals surface area contributed by atoms with E-state index in [1.807, 2.05) is 12.1 Å². The lowest BCUT2D eigenvalue weighted by Gasteiger charge is -1.99. The largest absolute Gasteiger partial charge is 0.508 e. The first-order valence-corrected chi connectivity index (χ1v) is 8.26. The molecule has 0 amide bonds. The van der Waals surface area contributed by atoms with Crippen LogP contribution in [0.5, 0.6) is 5.75 Å². The molecule has 20 heavy (non-hydrogen) atoms. The minimum absolute atomic E-state index is 0.276. The van der Waals surface area contributed by atoms with Gasteiger partial charge in [0.05, 0.1) is 5.69 Å². The summed E-state index contributed by atoms with van der Waals surface area (Å²) in [6, 6.07) is 15.6. The Labute approximate surface area is 126 Å². The highest BCUT2D eigenvalue weighted by atomic mass is 32.2. The van der Waals surface area contributed by atoms with E-state index in [2.05, 4.69) is 40.9 Å². The van der Waals surface area contributed by atoms with Gasteiger partial charge >= 0.3 is 0 Å². The lowest BCUT2D eigenvalue weighted by Crippen LogP contribution is -1.80. The summed E-state index contributed by atoms with van der Waals surface area (Å²) >= 11 is 3.35. The molecule has 0 aliphatic carbocycles. The van der Waals surface area contributed by atoms with E-state index in [9.17, 15) is 5.11 Å². The molecule has 0 unspecified atom stereocenters. The van der Waals surface area contributed by atoms with Gasteiger partial charge in [0.15, 0.2) is 0 Å². The first-order chi connectivity index (χ1) is 9.76. The first-order valence-electron chi connectivity index (χ1n) is 6.15. The number of phenols is 1. The van der Waals surface area contributed by atoms with Crippen molar-refractivity contribution in [1.82, 2.24) is 4.98 Å². The Morgan fingerprint density at radius 2 is 1.60 bits per heavy atom. The molecule has 3 rings (SSSR count). The molecule has 1 aromatic heterocycles. The van der Waals surface area contributed by atoms with E-state index in [4.69, 9.17) is 0 Å². The Hall–Kier alpha value is -1.78. The fraction of sp³-hybridized carbons (Fsp3) is 0.0625. The van der Waals surface area contributed by atoms with E-state index >= 15 is 0 Å². The molecule has 1 N–H and O–H groups in total. The number of benzene rings is 2. The van der Waals surface area contributed by atoms with Gasteiger partial charge in [0.1, 0.15) is 10.8 Å². The lowest BCUT2D eigenvalue weighted by molar-refractivity contribution is 0.475. The van der Waals surface area contributed by atoms with E-state index in [-0.39, 0.29) is 5.75 Å². The summed E-state index contributed by atoms with van der Waals surface area (Å²) in [6.45, 7) is 0. The quantitative estimate of drug-likeness (QED) is 0.698. The van der Waals surface area contributed by atoms with Crippen LogP contribution in [-0.4, -0.2) is 16.3 Å². The maximum atomic E-state index is 9.32. The zero-order valence-corrected chi connectivity index (χ0v) is 12.5. The number of aromatic hydroxyl groups is 1. The second-order valence-corrected chi connectivity index (χ2v) is 6.05. The number of thiazole rings is 1. The number of nitrogens with zero attached hydrogens (tertiary/aromatic N) is 1. The van der Waals surface area contributed by atoms with Gasteiger partial charge in [-0.1, -0.05) is 12.1 Å². The van der Waals surface area contributed by atoms with Crippen molar-refractivity contribution in [2.75, 3.05) is 6.26 Å². The minimum atomic E-state index is 0.276. The SMILES string of the molecule is CSc1ccc(-c2csc(-c3ccc(O)cc3)n2)cc1. The van der Waals surface area contributed by atoms with Gasteiger partial charge in [0.25, 0.3) is 0 Å². The van der Waals surface area contributed by atoms with E-state index < -0.39 is 0 Å². The van der Waals surface area contributed by atoms with Crippen molar-refractivity contribution in [3.8, 4) is 27.6 Å². The van der Waals surface area contributed by atoms with Crippen molar-refractivity contribution < 1.29 is 5.11 Å². The van der Waals surface area contributed by atoms with Crippen LogP contribution in [-0.2, 0) is 0 Å². The van der Waals surface area contributed by atoms with E-state index in [1.54, 1.807) is 35.2 Å². The van der Waals surface area contributed by atoms with Gasteiger partial charge in [-0.3, -0.25) is 0 Å². The Morgan fingerprint density at radius 3 is 2.25 bits per heavy atom. The lowest BCUT2D eigenvalue weighted by atomic mass is 10.2. The van der Waals surface area contributed by atoms with Crippen LogP contribution in [0.3, 0.4) is 0 Å². The van der Waals surface area contributed by atoms with Crippen LogP contribution >= 0.6 is 23.1 Å². The Morgan fingerprint density at radius 1 is 0.950 bits per heavy atom. The molecule has 0 saturated carbocycles. The number of hydrogen-bond acceptors (Lipinski definition) is 4. The highest BCUT2D eigenvalue weighted by Crippen LogP contribution is 2.30. The monoisotopic (exact) mass is 299 g/mol. The van der Waals surface area contributed by atoms with Crippen LogP contribution in [0, 0.1) is 0 Å².